The van der Waals surface area contributed by atoms with Crippen LogP contribution < -0.4 is 10.1 Å². The SMILES string of the molecule is COc1ccc2nc(NC(=O)COC(=O)C(Sc3ccccc3)c3ccccc3)sc2c1. The summed E-state index contributed by atoms with van der Waals surface area (Å²) < 4.78 is 11.5. The van der Waals surface area contributed by atoms with Crippen molar-refractivity contribution in [3.8, 4) is 5.75 Å². The van der Waals surface area contributed by atoms with E-state index in [1.165, 1.54) is 23.1 Å². The van der Waals surface area contributed by atoms with Crippen molar-refractivity contribution in [3.63, 3.8) is 0 Å². The van der Waals surface area contributed by atoms with Gasteiger partial charge >= 0.3 is 5.97 Å². The average Bonchev–Trinajstić information content (AvgIpc) is 3.23. The summed E-state index contributed by atoms with van der Waals surface area (Å²) in [7, 11) is 1.60. The van der Waals surface area contributed by atoms with E-state index in [9.17, 15) is 9.59 Å². The minimum atomic E-state index is -0.582. The van der Waals surface area contributed by atoms with Gasteiger partial charge in [0.2, 0.25) is 0 Å². The van der Waals surface area contributed by atoms with Crippen LogP contribution in [0.5, 0.6) is 5.75 Å². The Morgan fingerprint density at radius 3 is 2.47 bits per heavy atom. The van der Waals surface area contributed by atoms with Gasteiger partial charge in [-0.05, 0) is 35.9 Å². The molecule has 6 nitrogen and oxygen atoms in total. The van der Waals surface area contributed by atoms with Crippen molar-refractivity contribution < 1.29 is 19.1 Å². The summed E-state index contributed by atoms with van der Waals surface area (Å²) in [4.78, 5) is 30.6. The Balaban J connectivity index is 1.40. The number of thiazole rings is 1. The van der Waals surface area contributed by atoms with Crippen molar-refractivity contribution in [2.24, 2.45) is 0 Å². The summed E-state index contributed by atoms with van der Waals surface area (Å²) in [5.74, 6) is -0.203. The minimum Gasteiger partial charge on any atom is -0.497 e. The topological polar surface area (TPSA) is 77.5 Å². The summed E-state index contributed by atoms with van der Waals surface area (Å²) >= 11 is 2.71. The third kappa shape index (κ3) is 5.46. The van der Waals surface area contributed by atoms with Crippen molar-refractivity contribution in [1.29, 1.82) is 0 Å². The zero-order valence-electron chi connectivity index (χ0n) is 17.2. The number of methoxy groups -OCH3 is 1. The Hall–Kier alpha value is -3.36. The van der Waals surface area contributed by atoms with Crippen molar-refractivity contribution in [2.75, 3.05) is 19.0 Å². The highest BCUT2D eigenvalue weighted by Crippen LogP contribution is 2.36. The van der Waals surface area contributed by atoms with Crippen LogP contribution in [0.4, 0.5) is 5.13 Å². The number of ether oxygens (including phenoxy) is 2. The fourth-order valence-corrected chi connectivity index (χ4v) is 4.92. The number of hydrogen-bond donors (Lipinski definition) is 1. The molecule has 32 heavy (non-hydrogen) atoms. The van der Waals surface area contributed by atoms with Crippen molar-refractivity contribution in [2.45, 2.75) is 10.1 Å². The second kappa shape index (κ2) is 10.3. The van der Waals surface area contributed by atoms with E-state index in [-0.39, 0.29) is 0 Å². The Morgan fingerprint density at radius 1 is 1.03 bits per heavy atom. The summed E-state index contributed by atoms with van der Waals surface area (Å²) in [6.07, 6.45) is 0. The van der Waals surface area contributed by atoms with Crippen LogP contribution in [0.3, 0.4) is 0 Å². The molecule has 0 saturated carbocycles. The number of esters is 1. The lowest BCUT2D eigenvalue weighted by molar-refractivity contribution is -0.146. The molecule has 3 aromatic carbocycles. The van der Waals surface area contributed by atoms with E-state index in [2.05, 4.69) is 10.3 Å². The van der Waals surface area contributed by atoms with Crippen LogP contribution in [0.2, 0.25) is 0 Å². The molecule has 1 atom stereocenters. The van der Waals surface area contributed by atoms with Crippen LogP contribution in [0.1, 0.15) is 10.8 Å². The first kappa shape index (κ1) is 21.9. The maximum absolute atomic E-state index is 12.9. The van der Waals surface area contributed by atoms with E-state index in [1.54, 1.807) is 7.11 Å². The van der Waals surface area contributed by atoms with Crippen molar-refractivity contribution >= 4 is 50.3 Å². The highest BCUT2D eigenvalue weighted by atomic mass is 32.2. The first-order valence-corrected chi connectivity index (χ1v) is 11.5. The number of nitrogens with one attached hydrogen (secondary N) is 1. The number of rotatable bonds is 8. The van der Waals surface area contributed by atoms with Crippen molar-refractivity contribution in [3.05, 3.63) is 84.4 Å². The summed E-state index contributed by atoms with van der Waals surface area (Å²) in [6, 6.07) is 24.5. The van der Waals surface area contributed by atoms with Gasteiger partial charge in [-0.1, -0.05) is 59.9 Å². The number of amides is 1. The number of carbonyl (C=O) groups is 2. The summed E-state index contributed by atoms with van der Waals surface area (Å²) in [6.45, 7) is -0.392. The maximum Gasteiger partial charge on any atom is 0.324 e. The van der Waals surface area contributed by atoms with E-state index in [0.717, 1.165) is 26.4 Å². The number of thioether (sulfide) groups is 1. The molecule has 0 radical (unpaired) electrons. The highest BCUT2D eigenvalue weighted by molar-refractivity contribution is 8.00. The Bertz CT molecular complexity index is 1210. The number of hydrogen-bond acceptors (Lipinski definition) is 7. The van der Waals surface area contributed by atoms with E-state index in [1.807, 2.05) is 78.9 Å². The van der Waals surface area contributed by atoms with Gasteiger partial charge in [-0.3, -0.25) is 14.9 Å². The Labute approximate surface area is 193 Å². The number of aromatic nitrogens is 1. The largest absolute Gasteiger partial charge is 0.497 e. The molecule has 0 bridgehead atoms. The molecule has 162 valence electrons. The lowest BCUT2D eigenvalue weighted by atomic mass is 10.1. The standard InChI is InChI=1S/C24H20N2O4S2/c1-29-17-12-13-19-20(14-17)32-24(25-19)26-21(27)15-30-23(28)22(16-8-4-2-5-9-16)31-18-10-6-3-7-11-18/h2-14,22H,15H2,1H3,(H,25,26,27). The normalized spacial score (nSPS) is 11.7. The maximum atomic E-state index is 12.9. The van der Waals surface area contributed by atoms with Gasteiger partial charge in [-0.25, -0.2) is 4.98 Å². The second-order valence-corrected chi connectivity index (χ2v) is 8.94. The molecular formula is C24H20N2O4S2. The lowest BCUT2D eigenvalue weighted by Crippen LogP contribution is -2.23. The predicted octanol–water partition coefficient (Wildman–Crippen LogP) is 5.32. The van der Waals surface area contributed by atoms with Crippen LogP contribution in [-0.2, 0) is 14.3 Å². The van der Waals surface area contributed by atoms with Crippen molar-refractivity contribution in [1.82, 2.24) is 4.98 Å². The first-order valence-electron chi connectivity index (χ1n) is 9.80. The third-order valence-corrected chi connectivity index (χ3v) is 6.68. The number of fused-ring (bicyclic) bond motifs is 1. The average molecular weight is 465 g/mol. The molecule has 1 aromatic heterocycles. The number of carbonyl (C=O) groups excluding carboxylic acids is 2. The molecule has 0 aliphatic heterocycles. The van der Waals surface area contributed by atoms with Gasteiger partial charge in [-0.2, -0.15) is 0 Å². The summed E-state index contributed by atoms with van der Waals surface area (Å²) in [5.41, 5.74) is 1.57. The van der Waals surface area contributed by atoms with E-state index in [0.29, 0.717) is 5.13 Å². The van der Waals surface area contributed by atoms with Gasteiger partial charge in [-0.15, -0.1) is 11.8 Å². The molecule has 1 N–H and O–H groups in total. The second-order valence-electron chi connectivity index (χ2n) is 6.73. The molecule has 0 fully saturated rings. The molecule has 1 amide bonds. The van der Waals surface area contributed by atoms with Crippen LogP contribution in [-0.4, -0.2) is 30.6 Å². The fourth-order valence-electron chi connectivity index (χ4n) is 2.97. The van der Waals surface area contributed by atoms with Gasteiger partial charge in [0.25, 0.3) is 5.91 Å². The third-order valence-electron chi connectivity index (χ3n) is 4.50. The molecule has 0 spiro atoms. The minimum absolute atomic E-state index is 0.392. The molecule has 1 heterocycles. The molecule has 4 aromatic rings. The first-order chi connectivity index (χ1) is 15.6. The molecule has 4 rings (SSSR count). The molecular weight excluding hydrogens is 444 g/mol. The highest BCUT2D eigenvalue weighted by Gasteiger charge is 2.24. The van der Waals surface area contributed by atoms with Gasteiger partial charge in [0, 0.05) is 4.90 Å². The zero-order chi connectivity index (χ0) is 22.3. The van der Waals surface area contributed by atoms with E-state index < -0.39 is 23.7 Å². The fraction of sp³-hybridized carbons (Fsp3) is 0.125. The molecule has 0 saturated heterocycles. The van der Waals surface area contributed by atoms with Gasteiger partial charge < -0.3 is 9.47 Å². The van der Waals surface area contributed by atoms with Crippen LogP contribution in [0.25, 0.3) is 10.2 Å². The van der Waals surface area contributed by atoms with Crippen LogP contribution in [0.15, 0.2) is 83.8 Å². The molecule has 8 heteroatoms. The molecule has 1 unspecified atom stereocenters. The van der Waals surface area contributed by atoms with Crippen LogP contribution >= 0.6 is 23.1 Å². The Kier molecular flexibility index (Phi) is 7.03. The van der Waals surface area contributed by atoms with Gasteiger partial charge in [0.1, 0.15) is 11.0 Å². The van der Waals surface area contributed by atoms with Crippen LogP contribution in [0, 0.1) is 0 Å². The smallest absolute Gasteiger partial charge is 0.324 e. The van der Waals surface area contributed by atoms with E-state index in [4.69, 9.17) is 9.47 Å². The molecule has 0 aliphatic rings. The van der Waals surface area contributed by atoms with Gasteiger partial charge in [0.05, 0.1) is 17.3 Å². The lowest BCUT2D eigenvalue weighted by Gasteiger charge is -2.16. The monoisotopic (exact) mass is 464 g/mol. The quantitative estimate of drug-likeness (QED) is 0.281. The molecule has 0 aliphatic carbocycles. The predicted molar refractivity (Wildman–Crippen MR) is 127 cm³/mol. The zero-order valence-corrected chi connectivity index (χ0v) is 18.8. The van der Waals surface area contributed by atoms with Gasteiger partial charge in [0.15, 0.2) is 11.7 Å². The number of benzene rings is 3. The Morgan fingerprint density at radius 2 is 1.75 bits per heavy atom. The number of anilines is 1. The van der Waals surface area contributed by atoms with E-state index >= 15 is 0 Å². The number of nitrogens with zero attached hydrogens (tertiary/aromatic N) is 1. The summed E-state index contributed by atoms with van der Waals surface area (Å²) in [5, 5.41) is 2.55.